The first-order valence-electron chi connectivity index (χ1n) is 7.02. The van der Waals surface area contributed by atoms with Crippen molar-refractivity contribution < 1.29 is 9.47 Å². The lowest BCUT2D eigenvalue weighted by Crippen LogP contribution is -2.13. The van der Waals surface area contributed by atoms with Crippen LogP contribution in [0.2, 0.25) is 0 Å². The van der Waals surface area contributed by atoms with Crippen molar-refractivity contribution >= 4 is 0 Å². The first-order valence-corrected chi connectivity index (χ1v) is 7.02. The molecule has 0 saturated carbocycles. The summed E-state index contributed by atoms with van der Waals surface area (Å²) in [5, 5.41) is 0. The molecule has 1 aliphatic rings. The summed E-state index contributed by atoms with van der Waals surface area (Å²) in [5.74, 6) is 1.67. The van der Waals surface area contributed by atoms with Crippen LogP contribution in [0.15, 0.2) is 48.5 Å². The van der Waals surface area contributed by atoms with Gasteiger partial charge in [-0.05, 0) is 29.7 Å². The van der Waals surface area contributed by atoms with Crippen molar-refractivity contribution in [3.8, 4) is 11.5 Å². The molecule has 0 amide bonds. The molecule has 3 nitrogen and oxygen atoms in total. The lowest BCUT2D eigenvalue weighted by molar-refractivity contribution is 0.297. The molecule has 0 aliphatic carbocycles. The maximum atomic E-state index is 6.26. The Labute approximate surface area is 119 Å². The molecule has 0 radical (unpaired) electrons. The van der Waals surface area contributed by atoms with E-state index in [9.17, 15) is 0 Å². The van der Waals surface area contributed by atoms with E-state index < -0.39 is 0 Å². The number of hydrogen-bond acceptors (Lipinski definition) is 3. The highest BCUT2D eigenvalue weighted by Gasteiger charge is 2.12. The summed E-state index contributed by atoms with van der Waals surface area (Å²) >= 11 is 0. The molecule has 2 aromatic rings. The summed E-state index contributed by atoms with van der Waals surface area (Å²) < 4.78 is 11.3. The average Bonchev–Trinajstić information content (AvgIpc) is 2.73. The lowest BCUT2D eigenvalue weighted by atomic mass is 9.99. The third-order valence-electron chi connectivity index (χ3n) is 3.50. The Morgan fingerprint density at radius 2 is 1.70 bits per heavy atom. The Morgan fingerprint density at radius 1 is 0.950 bits per heavy atom. The fraction of sp³-hybridized carbons (Fsp3) is 0.294. The molecule has 0 fully saturated rings. The SMILES string of the molecule is NC(Cc1ccc2c(c1)OCCCO2)c1ccccc1. The van der Waals surface area contributed by atoms with E-state index in [1.165, 1.54) is 5.56 Å². The van der Waals surface area contributed by atoms with Crippen molar-refractivity contribution in [1.82, 2.24) is 0 Å². The van der Waals surface area contributed by atoms with Crippen molar-refractivity contribution in [2.45, 2.75) is 18.9 Å². The molecule has 1 aliphatic heterocycles. The Kier molecular flexibility index (Phi) is 3.88. The van der Waals surface area contributed by atoms with Gasteiger partial charge >= 0.3 is 0 Å². The molecular formula is C17H19NO2. The van der Waals surface area contributed by atoms with Crippen molar-refractivity contribution in [1.29, 1.82) is 0 Å². The van der Waals surface area contributed by atoms with Crippen LogP contribution in [0, 0.1) is 0 Å². The average molecular weight is 269 g/mol. The van der Waals surface area contributed by atoms with E-state index in [-0.39, 0.29) is 6.04 Å². The van der Waals surface area contributed by atoms with Crippen LogP contribution >= 0.6 is 0 Å². The molecule has 1 atom stereocenters. The van der Waals surface area contributed by atoms with E-state index in [1.54, 1.807) is 0 Å². The maximum Gasteiger partial charge on any atom is 0.161 e. The molecule has 2 N–H and O–H groups in total. The number of ether oxygens (including phenoxy) is 2. The van der Waals surface area contributed by atoms with Gasteiger partial charge in [0.05, 0.1) is 13.2 Å². The van der Waals surface area contributed by atoms with E-state index >= 15 is 0 Å². The molecule has 20 heavy (non-hydrogen) atoms. The number of fused-ring (bicyclic) bond motifs is 1. The number of hydrogen-bond donors (Lipinski definition) is 1. The summed E-state index contributed by atoms with van der Waals surface area (Å²) in [6.45, 7) is 1.43. The second kappa shape index (κ2) is 5.97. The third-order valence-corrected chi connectivity index (χ3v) is 3.50. The Morgan fingerprint density at radius 3 is 2.50 bits per heavy atom. The molecule has 3 rings (SSSR count). The van der Waals surface area contributed by atoms with E-state index in [1.807, 2.05) is 30.3 Å². The van der Waals surface area contributed by atoms with Crippen LogP contribution in [0.5, 0.6) is 11.5 Å². The monoisotopic (exact) mass is 269 g/mol. The van der Waals surface area contributed by atoms with E-state index in [0.29, 0.717) is 6.61 Å². The van der Waals surface area contributed by atoms with Crippen LogP contribution in [-0.2, 0) is 6.42 Å². The molecule has 1 unspecified atom stereocenters. The van der Waals surface area contributed by atoms with Gasteiger partial charge in [0.15, 0.2) is 11.5 Å². The van der Waals surface area contributed by atoms with Crippen molar-refractivity contribution in [2.24, 2.45) is 5.73 Å². The minimum absolute atomic E-state index is 0.000876. The lowest BCUT2D eigenvalue weighted by Gasteiger charge is -2.14. The second-order valence-corrected chi connectivity index (χ2v) is 5.05. The summed E-state index contributed by atoms with van der Waals surface area (Å²) in [5.41, 5.74) is 8.59. The zero-order chi connectivity index (χ0) is 13.8. The van der Waals surface area contributed by atoms with Crippen LogP contribution in [0.25, 0.3) is 0 Å². The van der Waals surface area contributed by atoms with Crippen LogP contribution in [0.4, 0.5) is 0 Å². The van der Waals surface area contributed by atoms with Gasteiger partial charge in [-0.3, -0.25) is 0 Å². The zero-order valence-corrected chi connectivity index (χ0v) is 11.4. The molecule has 0 saturated heterocycles. The Hall–Kier alpha value is -2.00. The molecule has 104 valence electrons. The van der Waals surface area contributed by atoms with Gasteiger partial charge < -0.3 is 15.2 Å². The van der Waals surface area contributed by atoms with Gasteiger partial charge in [-0.1, -0.05) is 36.4 Å². The molecule has 1 heterocycles. The minimum Gasteiger partial charge on any atom is -0.490 e. The fourth-order valence-corrected chi connectivity index (χ4v) is 2.41. The van der Waals surface area contributed by atoms with Gasteiger partial charge in [0.1, 0.15) is 0 Å². The van der Waals surface area contributed by atoms with Gasteiger partial charge in [-0.2, -0.15) is 0 Å². The number of rotatable bonds is 3. The number of benzene rings is 2. The quantitative estimate of drug-likeness (QED) is 0.931. The zero-order valence-electron chi connectivity index (χ0n) is 11.4. The molecule has 2 aromatic carbocycles. The maximum absolute atomic E-state index is 6.26. The Balaban J connectivity index is 1.76. The van der Waals surface area contributed by atoms with Crippen LogP contribution in [0.1, 0.15) is 23.6 Å². The number of nitrogens with two attached hydrogens (primary N) is 1. The van der Waals surface area contributed by atoms with Gasteiger partial charge in [-0.25, -0.2) is 0 Å². The van der Waals surface area contributed by atoms with Gasteiger partial charge in [-0.15, -0.1) is 0 Å². The molecule has 0 aromatic heterocycles. The van der Waals surface area contributed by atoms with Gasteiger partial charge in [0, 0.05) is 12.5 Å². The Bertz CT molecular complexity index is 568. The summed E-state index contributed by atoms with van der Waals surface area (Å²) in [6, 6.07) is 16.3. The first-order chi connectivity index (χ1) is 9.83. The van der Waals surface area contributed by atoms with Crippen molar-refractivity contribution in [3.05, 3.63) is 59.7 Å². The van der Waals surface area contributed by atoms with Crippen LogP contribution in [0.3, 0.4) is 0 Å². The molecule has 0 spiro atoms. The highest BCUT2D eigenvalue weighted by molar-refractivity contribution is 5.43. The molecular weight excluding hydrogens is 250 g/mol. The predicted molar refractivity (Wildman–Crippen MR) is 79.1 cm³/mol. The molecule has 3 heteroatoms. The van der Waals surface area contributed by atoms with Crippen molar-refractivity contribution in [2.75, 3.05) is 13.2 Å². The normalized spacial score (nSPS) is 15.4. The highest BCUT2D eigenvalue weighted by Crippen LogP contribution is 2.31. The van der Waals surface area contributed by atoms with Crippen molar-refractivity contribution in [3.63, 3.8) is 0 Å². The minimum atomic E-state index is 0.000876. The third kappa shape index (κ3) is 2.94. The largest absolute Gasteiger partial charge is 0.490 e. The van der Waals surface area contributed by atoms with Gasteiger partial charge in [0.2, 0.25) is 0 Å². The fourth-order valence-electron chi connectivity index (χ4n) is 2.41. The summed E-state index contributed by atoms with van der Waals surface area (Å²) in [7, 11) is 0. The predicted octanol–water partition coefficient (Wildman–Crippen LogP) is 3.09. The highest BCUT2D eigenvalue weighted by atomic mass is 16.5. The standard InChI is InChI=1S/C17H19NO2/c18-15(14-5-2-1-3-6-14)11-13-7-8-16-17(12-13)20-10-4-9-19-16/h1-3,5-8,12,15H,4,9-11,18H2. The van der Waals surface area contributed by atoms with E-state index in [0.717, 1.165) is 36.5 Å². The first kappa shape index (κ1) is 13.0. The van der Waals surface area contributed by atoms with E-state index in [4.69, 9.17) is 15.2 Å². The van der Waals surface area contributed by atoms with Crippen LogP contribution in [-0.4, -0.2) is 13.2 Å². The topological polar surface area (TPSA) is 44.5 Å². The second-order valence-electron chi connectivity index (χ2n) is 5.05. The molecule has 0 bridgehead atoms. The smallest absolute Gasteiger partial charge is 0.161 e. The van der Waals surface area contributed by atoms with E-state index in [2.05, 4.69) is 18.2 Å². The summed E-state index contributed by atoms with van der Waals surface area (Å²) in [4.78, 5) is 0. The van der Waals surface area contributed by atoms with Crippen LogP contribution < -0.4 is 15.2 Å². The van der Waals surface area contributed by atoms with Gasteiger partial charge in [0.25, 0.3) is 0 Å². The summed E-state index contributed by atoms with van der Waals surface area (Å²) in [6.07, 6.45) is 1.72.